The second-order valence-electron chi connectivity index (χ2n) is 13.5. The van der Waals surface area contributed by atoms with E-state index >= 15 is 0 Å². The first-order chi connectivity index (χ1) is 24.2. The van der Waals surface area contributed by atoms with E-state index in [4.69, 9.17) is 24.1 Å². The predicted octanol–water partition coefficient (Wildman–Crippen LogP) is 4.31. The van der Waals surface area contributed by atoms with Gasteiger partial charge in [0.05, 0.1) is 37.3 Å². The van der Waals surface area contributed by atoms with Crippen molar-refractivity contribution in [2.24, 2.45) is 5.92 Å². The van der Waals surface area contributed by atoms with Crippen LogP contribution in [0.15, 0.2) is 55.1 Å². The molecule has 2 N–H and O–H groups in total. The number of aryl methyl sites for hydroxylation is 1. The molecule has 0 amide bonds. The number of hydrogen-bond acceptors (Lipinski definition) is 10. The van der Waals surface area contributed by atoms with Crippen molar-refractivity contribution in [1.29, 1.82) is 0 Å². The van der Waals surface area contributed by atoms with Gasteiger partial charge in [-0.15, -0.1) is 0 Å². The van der Waals surface area contributed by atoms with E-state index in [9.17, 15) is 9.59 Å². The van der Waals surface area contributed by atoms with Gasteiger partial charge in [0.25, 0.3) is 0 Å². The number of nitrogens with zero attached hydrogens (tertiary/aromatic N) is 1. The Kier molecular flexibility index (Phi) is 15.6. The molecule has 2 fully saturated rings. The van der Waals surface area contributed by atoms with Gasteiger partial charge in [-0.2, -0.15) is 0 Å². The molecule has 1 aromatic carbocycles. The zero-order valence-corrected chi connectivity index (χ0v) is 31.6. The lowest BCUT2D eigenvalue weighted by Crippen LogP contribution is -2.76. The molecule has 2 spiro atoms. The fourth-order valence-corrected chi connectivity index (χ4v) is 8.32. The molecule has 276 valence electrons. The van der Waals surface area contributed by atoms with Crippen LogP contribution in [-0.2, 0) is 39.8 Å². The molecule has 5 aliphatic heterocycles. The molecule has 0 bridgehead atoms. The van der Waals surface area contributed by atoms with Gasteiger partial charge in [-0.05, 0) is 63.9 Å². The smallest absolute Gasteiger partial charge is 0.350 e. The highest BCUT2D eigenvalue weighted by molar-refractivity contribution is 14.1. The summed E-state index contributed by atoms with van der Waals surface area (Å²) >= 11 is 2.13. The number of ether oxygens (including phenoxy) is 4. The first-order valence-electron chi connectivity index (χ1n) is 18.1. The third kappa shape index (κ3) is 10.3. The molecule has 1 unspecified atom stereocenters. The maximum atomic E-state index is 13.8. The third-order valence-electron chi connectivity index (χ3n) is 9.96. The van der Waals surface area contributed by atoms with Crippen molar-refractivity contribution in [1.82, 2.24) is 10.6 Å². The number of halogens is 1. The molecule has 11 nitrogen and oxygen atoms in total. The summed E-state index contributed by atoms with van der Waals surface area (Å²) in [4.78, 5) is 32.6. The second-order valence-corrected chi connectivity index (χ2v) is 14.6. The average molecular weight is 808 g/mol. The molecule has 0 aliphatic carbocycles. The Balaban J connectivity index is 0.000000405. The van der Waals surface area contributed by atoms with Crippen LogP contribution in [0.25, 0.3) is 0 Å². The van der Waals surface area contributed by atoms with Gasteiger partial charge in [0.2, 0.25) is 5.72 Å². The highest BCUT2D eigenvalue weighted by Gasteiger charge is 2.64. The van der Waals surface area contributed by atoms with E-state index in [1.54, 1.807) is 6.08 Å². The van der Waals surface area contributed by atoms with Crippen LogP contribution in [0.2, 0.25) is 0 Å². The lowest BCUT2D eigenvalue weighted by atomic mass is 9.80. The Hall–Kier alpha value is -2.97. The summed E-state index contributed by atoms with van der Waals surface area (Å²) in [7, 11) is 0. The fourth-order valence-electron chi connectivity index (χ4n) is 7.88. The topological polar surface area (TPSA) is 138 Å². The molecular weight excluding hydrogens is 753 g/mol. The van der Waals surface area contributed by atoms with Crippen molar-refractivity contribution in [2.45, 2.75) is 127 Å². The summed E-state index contributed by atoms with van der Waals surface area (Å²) in [5.74, 6) is 0.365. The number of esters is 2. The first kappa shape index (κ1) is 39.8. The van der Waals surface area contributed by atoms with Crippen LogP contribution in [0.4, 0.5) is 0 Å². The third-order valence-corrected chi connectivity index (χ3v) is 10.5. The van der Waals surface area contributed by atoms with Crippen molar-refractivity contribution in [3.05, 3.63) is 60.7 Å². The molecule has 1 aromatic rings. The Morgan fingerprint density at radius 2 is 1.92 bits per heavy atom. The highest BCUT2D eigenvalue weighted by Crippen LogP contribution is 2.45. The molecule has 0 aromatic heterocycles. The molecule has 2 saturated heterocycles. The highest BCUT2D eigenvalue weighted by atomic mass is 127. The van der Waals surface area contributed by atoms with Gasteiger partial charge in [0.1, 0.15) is 6.61 Å². The Labute approximate surface area is 310 Å². The summed E-state index contributed by atoms with van der Waals surface area (Å²) in [6, 6.07) is 10.8. The lowest BCUT2D eigenvalue weighted by Gasteiger charge is -2.50. The fraction of sp³-hybridized carbons (Fsp3) is 0.632. The van der Waals surface area contributed by atoms with Crippen molar-refractivity contribution in [2.75, 3.05) is 17.6 Å². The molecule has 5 aliphatic rings. The van der Waals surface area contributed by atoms with Crippen molar-refractivity contribution in [3.63, 3.8) is 0 Å². The number of alkyl halides is 1. The van der Waals surface area contributed by atoms with Crippen molar-refractivity contribution < 1.29 is 43.0 Å². The second kappa shape index (κ2) is 19.6. The number of hydrogen-bond donors (Lipinski definition) is 2. The number of carbonyl (C=O) groups excluding carboxylic acids is 3. The Bertz CT molecular complexity index is 1340. The number of allylic oxidation sites excluding steroid dienone is 1. The predicted molar refractivity (Wildman–Crippen MR) is 196 cm³/mol. The van der Waals surface area contributed by atoms with Crippen LogP contribution in [0.5, 0.6) is 0 Å². The number of carbonyl (C=O) groups is 3. The van der Waals surface area contributed by atoms with E-state index in [0.717, 1.165) is 81.0 Å². The molecule has 6 rings (SSSR count). The van der Waals surface area contributed by atoms with Gasteiger partial charge in [0.15, 0.2) is 11.6 Å². The largest absolute Gasteiger partial charge is 0.554 e. The monoisotopic (exact) mass is 807 g/mol. The van der Waals surface area contributed by atoms with Crippen LogP contribution >= 0.6 is 22.6 Å². The first-order valence-corrected chi connectivity index (χ1v) is 19.6. The van der Waals surface area contributed by atoms with Crippen molar-refractivity contribution in [3.8, 4) is 0 Å². The minimum absolute atomic E-state index is 0.0684. The van der Waals surface area contributed by atoms with Gasteiger partial charge in [-0.1, -0.05) is 84.7 Å². The van der Waals surface area contributed by atoms with Crippen LogP contribution < -0.4 is 15.7 Å². The zero-order valence-electron chi connectivity index (χ0n) is 29.5. The van der Waals surface area contributed by atoms with Gasteiger partial charge in [-0.25, -0.2) is 10.6 Å². The normalized spacial score (nSPS) is 30.6. The minimum Gasteiger partial charge on any atom is -0.554 e. The molecule has 5 heterocycles. The maximum Gasteiger partial charge on any atom is 0.350 e. The lowest BCUT2D eigenvalue weighted by molar-refractivity contribution is -0.609. The molecule has 0 saturated carbocycles. The van der Waals surface area contributed by atoms with E-state index in [1.807, 2.05) is 6.07 Å². The van der Waals surface area contributed by atoms with Crippen LogP contribution in [0.1, 0.15) is 90.0 Å². The quantitative estimate of drug-likeness (QED) is 0.0670. The van der Waals surface area contributed by atoms with Gasteiger partial charge < -0.3 is 28.8 Å². The molecular formula is C38H54IN3O8. The van der Waals surface area contributed by atoms with Gasteiger partial charge in [0, 0.05) is 30.2 Å². The van der Waals surface area contributed by atoms with E-state index in [2.05, 4.69) is 99.4 Å². The summed E-state index contributed by atoms with van der Waals surface area (Å²) < 4.78 is 27.4. The van der Waals surface area contributed by atoms with Crippen LogP contribution in [0.3, 0.4) is 0 Å². The summed E-state index contributed by atoms with van der Waals surface area (Å²) in [5.41, 5.74) is 0.129. The summed E-state index contributed by atoms with van der Waals surface area (Å²) in [6.45, 7) is 7.99. The van der Waals surface area contributed by atoms with Crippen LogP contribution in [0, 0.1) is 5.92 Å². The number of nitrogens with one attached hydrogen (secondary N) is 2. The van der Waals surface area contributed by atoms with E-state index < -0.39 is 17.9 Å². The van der Waals surface area contributed by atoms with Gasteiger partial charge >= 0.3 is 17.9 Å². The molecule has 0 radical (unpaired) electrons. The standard InChI is InChI=1S/C31H43N3O4.C6H9IO2.CH2O2/c1-3-25-15-7-8-18-30(38-25)21-24-16-17-26-27(28(35)36-20-10-14-23-12-5-4-6-13-23)31(19-9-11-22(2)37-31)33-29(32-30)34(24)26;1-2-5-9-6(8)3-4-7;2-1-3/h4-7,12-13,15,22,24-27H,3,8-11,14,16-21H2,1-2H3,(H,32,33);2H,1,3-5H2;1H,(H,2,3)/t22-,24+,25+,26-,27?,30+,31-;;/m1../s1. The number of carboxylic acid groups (broad SMARTS) is 1. The molecule has 12 heteroatoms. The molecule has 7 atom stereocenters. The number of rotatable bonds is 10. The zero-order chi connectivity index (χ0) is 36.0. The van der Waals surface area contributed by atoms with E-state index in [0.29, 0.717) is 25.7 Å². The summed E-state index contributed by atoms with van der Waals surface area (Å²) in [5, 5.41) is 15.9. The Morgan fingerprint density at radius 1 is 1.14 bits per heavy atom. The molecule has 50 heavy (non-hydrogen) atoms. The minimum atomic E-state index is -0.752. The van der Waals surface area contributed by atoms with Crippen molar-refractivity contribution >= 4 is 47.0 Å². The number of guanidine groups is 1. The number of benzene rings is 1. The van der Waals surface area contributed by atoms with E-state index in [-0.39, 0.29) is 36.1 Å². The average Bonchev–Trinajstić information content (AvgIpc) is 3.41. The summed E-state index contributed by atoms with van der Waals surface area (Å²) in [6.07, 6.45) is 17.2. The van der Waals surface area contributed by atoms with Crippen LogP contribution in [-0.4, -0.2) is 82.3 Å². The maximum absolute atomic E-state index is 13.8. The Morgan fingerprint density at radius 3 is 2.62 bits per heavy atom. The SMILES string of the molecule is C=CCOC(=O)CCI.CC[C@H]1C=CCC[C@@]2(C[C@@H]3CC[C@@H]4C(C(=O)OCCCc5ccccc5)[C@]5(CCC[C@@H](C)O5)NC(=[N+]34)N2)O1.O=C[O-]. The van der Waals surface area contributed by atoms with E-state index in [1.165, 1.54) is 5.56 Å². The van der Waals surface area contributed by atoms with Gasteiger partial charge in [-0.3, -0.25) is 14.2 Å².